The van der Waals surface area contributed by atoms with Crippen molar-refractivity contribution in [3.63, 3.8) is 0 Å². The van der Waals surface area contributed by atoms with Crippen LogP contribution < -0.4 is 10.0 Å². The number of aromatic nitrogens is 2. The maximum absolute atomic E-state index is 12.4. The molecule has 0 aliphatic carbocycles. The molecule has 1 unspecified atom stereocenters. The number of likely N-dealkylation sites (N-methyl/N-ethyl adjacent to an activating group) is 2. The van der Waals surface area contributed by atoms with Crippen LogP contribution in [0.4, 0.5) is 0 Å². The molecular formula is C13H25N5O2S. The van der Waals surface area contributed by atoms with Gasteiger partial charge < -0.3 is 10.2 Å². The molecule has 0 spiro atoms. The summed E-state index contributed by atoms with van der Waals surface area (Å²) in [5, 5.41) is 7.10. The van der Waals surface area contributed by atoms with Gasteiger partial charge in [0.2, 0.25) is 10.0 Å². The molecule has 0 radical (unpaired) electrons. The molecule has 2 N–H and O–H groups in total. The topological polar surface area (TPSA) is 79.3 Å². The zero-order valence-corrected chi connectivity index (χ0v) is 13.6. The van der Waals surface area contributed by atoms with Crippen LogP contribution in [0.1, 0.15) is 19.8 Å². The average molecular weight is 315 g/mol. The molecule has 0 bridgehead atoms. The highest BCUT2D eigenvalue weighted by atomic mass is 32.2. The lowest BCUT2D eigenvalue weighted by Gasteiger charge is -2.31. The first-order chi connectivity index (χ1) is 10.0. The Kier molecular flexibility index (Phi) is 5.74. The lowest BCUT2D eigenvalue weighted by molar-refractivity contribution is 0.211. The van der Waals surface area contributed by atoms with E-state index in [2.05, 4.69) is 27.0 Å². The zero-order valence-electron chi connectivity index (χ0n) is 12.7. The number of likely N-dealkylation sites (tertiary alicyclic amines) is 1. The normalized spacial score (nSPS) is 20.8. The summed E-state index contributed by atoms with van der Waals surface area (Å²) in [4.78, 5) is 2.51. The van der Waals surface area contributed by atoms with Gasteiger partial charge in [0.1, 0.15) is 4.90 Å². The summed E-state index contributed by atoms with van der Waals surface area (Å²) >= 11 is 0. The van der Waals surface area contributed by atoms with E-state index in [1.54, 1.807) is 10.9 Å². The van der Waals surface area contributed by atoms with E-state index in [-0.39, 0.29) is 10.9 Å². The third kappa shape index (κ3) is 4.50. The summed E-state index contributed by atoms with van der Waals surface area (Å²) in [6.07, 6.45) is 4.92. The van der Waals surface area contributed by atoms with Crippen molar-refractivity contribution in [3.05, 3.63) is 12.4 Å². The molecule has 1 atom stereocenters. The van der Waals surface area contributed by atoms with Gasteiger partial charge in [-0.25, -0.2) is 13.1 Å². The minimum Gasteiger partial charge on any atom is -0.318 e. The second-order valence-electron chi connectivity index (χ2n) is 5.40. The summed E-state index contributed by atoms with van der Waals surface area (Å²) in [6, 6.07) is -0.00985. The number of rotatable bonds is 7. The summed E-state index contributed by atoms with van der Waals surface area (Å²) in [5.41, 5.74) is 0. The van der Waals surface area contributed by atoms with E-state index in [0.717, 1.165) is 39.0 Å². The molecule has 2 heterocycles. The first kappa shape index (κ1) is 16.4. The molecule has 1 aliphatic heterocycles. The van der Waals surface area contributed by atoms with E-state index in [9.17, 15) is 8.42 Å². The summed E-state index contributed by atoms with van der Waals surface area (Å²) in [7, 11) is -1.62. The molecule has 1 fully saturated rings. The van der Waals surface area contributed by atoms with Crippen molar-refractivity contribution in [2.45, 2.75) is 37.2 Å². The number of sulfonamides is 1. The lowest BCUT2D eigenvalue weighted by Crippen LogP contribution is -2.47. The van der Waals surface area contributed by atoms with E-state index in [1.165, 1.54) is 6.20 Å². The smallest absolute Gasteiger partial charge is 0.243 e. The second-order valence-corrected chi connectivity index (χ2v) is 7.11. The van der Waals surface area contributed by atoms with Gasteiger partial charge in [-0.3, -0.25) is 4.68 Å². The maximum Gasteiger partial charge on any atom is 0.243 e. The maximum atomic E-state index is 12.4. The van der Waals surface area contributed by atoms with Crippen molar-refractivity contribution < 1.29 is 8.42 Å². The summed E-state index contributed by atoms with van der Waals surface area (Å²) in [6.45, 7) is 6.30. The Labute approximate surface area is 126 Å². The Balaban J connectivity index is 1.99. The number of nitrogens with zero attached hydrogens (tertiary/aromatic N) is 3. The molecule has 0 aromatic carbocycles. The van der Waals surface area contributed by atoms with Crippen LogP contribution in [0.25, 0.3) is 0 Å². The lowest BCUT2D eigenvalue weighted by atomic mass is 10.1. The molecule has 1 saturated heterocycles. The minimum absolute atomic E-state index is 0.00985. The molecular weight excluding hydrogens is 290 g/mol. The highest BCUT2D eigenvalue weighted by Crippen LogP contribution is 2.14. The monoisotopic (exact) mass is 315 g/mol. The molecule has 8 heteroatoms. The summed E-state index contributed by atoms with van der Waals surface area (Å²) < 4.78 is 29.2. The Morgan fingerprint density at radius 1 is 1.48 bits per heavy atom. The van der Waals surface area contributed by atoms with Crippen LogP contribution in [0, 0.1) is 0 Å². The van der Waals surface area contributed by atoms with E-state index in [4.69, 9.17) is 0 Å². The van der Waals surface area contributed by atoms with Crippen LogP contribution in [0.3, 0.4) is 0 Å². The van der Waals surface area contributed by atoms with Gasteiger partial charge in [0.25, 0.3) is 0 Å². The number of nitrogens with one attached hydrogen (secondary N) is 2. The Hall–Kier alpha value is -0.960. The van der Waals surface area contributed by atoms with Crippen LogP contribution in [0.15, 0.2) is 17.3 Å². The van der Waals surface area contributed by atoms with Gasteiger partial charge in [-0.15, -0.1) is 0 Å². The molecule has 1 aliphatic rings. The third-order valence-corrected chi connectivity index (χ3v) is 5.26. The van der Waals surface area contributed by atoms with Crippen LogP contribution in [-0.4, -0.2) is 62.4 Å². The fourth-order valence-electron chi connectivity index (χ4n) is 2.56. The van der Waals surface area contributed by atoms with Crippen molar-refractivity contribution in [1.29, 1.82) is 0 Å². The van der Waals surface area contributed by atoms with E-state index >= 15 is 0 Å². The average Bonchev–Trinajstić information content (AvgIpc) is 2.94. The minimum atomic E-state index is -3.48. The second kappa shape index (κ2) is 7.35. The van der Waals surface area contributed by atoms with Crippen molar-refractivity contribution in [1.82, 2.24) is 24.7 Å². The molecule has 2 rings (SSSR count). The number of piperidine rings is 1. The quantitative estimate of drug-likeness (QED) is 0.732. The van der Waals surface area contributed by atoms with Gasteiger partial charge in [0.05, 0.1) is 12.7 Å². The van der Waals surface area contributed by atoms with Gasteiger partial charge in [-0.05, 0) is 33.0 Å². The first-order valence-corrected chi connectivity index (χ1v) is 8.95. The van der Waals surface area contributed by atoms with Crippen LogP contribution >= 0.6 is 0 Å². The van der Waals surface area contributed by atoms with Gasteiger partial charge in [-0.1, -0.05) is 6.92 Å². The highest BCUT2D eigenvalue weighted by Gasteiger charge is 2.25. The van der Waals surface area contributed by atoms with E-state index < -0.39 is 10.0 Å². The molecule has 0 saturated carbocycles. The molecule has 0 amide bonds. The van der Waals surface area contributed by atoms with Crippen molar-refractivity contribution >= 4 is 10.0 Å². The third-order valence-electron chi connectivity index (χ3n) is 3.79. The van der Waals surface area contributed by atoms with E-state index in [1.807, 2.05) is 7.05 Å². The number of hydrogen-bond donors (Lipinski definition) is 2. The fourth-order valence-corrected chi connectivity index (χ4v) is 3.77. The van der Waals surface area contributed by atoms with Crippen LogP contribution in [0.2, 0.25) is 0 Å². The van der Waals surface area contributed by atoms with Crippen molar-refractivity contribution in [2.24, 2.45) is 0 Å². The Morgan fingerprint density at radius 2 is 2.29 bits per heavy atom. The van der Waals surface area contributed by atoms with Crippen LogP contribution in [0.5, 0.6) is 0 Å². The zero-order chi connectivity index (χ0) is 15.3. The predicted molar refractivity (Wildman–Crippen MR) is 81.6 cm³/mol. The molecule has 21 heavy (non-hydrogen) atoms. The SMILES string of the molecule is CCN1CCCC(NS(=O)(=O)c2cnn(CCNC)c2)C1. The molecule has 1 aromatic rings. The standard InChI is InChI=1S/C13H25N5O2S/c1-3-17-7-4-5-12(10-17)16-21(19,20)13-9-15-18(11-13)8-6-14-2/h9,11-12,14,16H,3-8,10H2,1-2H3. The molecule has 120 valence electrons. The Bertz CT molecular complexity index is 543. The highest BCUT2D eigenvalue weighted by molar-refractivity contribution is 7.89. The fraction of sp³-hybridized carbons (Fsp3) is 0.769. The van der Waals surface area contributed by atoms with Gasteiger partial charge in [0, 0.05) is 25.3 Å². The first-order valence-electron chi connectivity index (χ1n) is 7.47. The van der Waals surface area contributed by atoms with Crippen molar-refractivity contribution in [3.8, 4) is 0 Å². The van der Waals surface area contributed by atoms with Crippen molar-refractivity contribution in [2.75, 3.05) is 33.2 Å². The molecule has 7 nitrogen and oxygen atoms in total. The van der Waals surface area contributed by atoms with Gasteiger partial charge >= 0.3 is 0 Å². The van der Waals surface area contributed by atoms with Gasteiger partial charge in [-0.2, -0.15) is 5.10 Å². The van der Waals surface area contributed by atoms with E-state index in [0.29, 0.717) is 6.54 Å². The number of hydrogen-bond acceptors (Lipinski definition) is 5. The van der Waals surface area contributed by atoms with Gasteiger partial charge in [0.15, 0.2) is 0 Å². The Morgan fingerprint density at radius 3 is 3.00 bits per heavy atom. The largest absolute Gasteiger partial charge is 0.318 e. The molecule has 1 aromatic heterocycles. The van der Waals surface area contributed by atoms with Crippen LogP contribution in [-0.2, 0) is 16.6 Å². The predicted octanol–water partition coefficient (Wildman–Crippen LogP) is -0.135. The summed E-state index contributed by atoms with van der Waals surface area (Å²) in [5.74, 6) is 0.